The lowest BCUT2D eigenvalue weighted by Crippen LogP contribution is -2.31. The van der Waals surface area contributed by atoms with Crippen LogP contribution in [0.2, 0.25) is 0 Å². The minimum Gasteiger partial charge on any atom is -0.466 e. The topological polar surface area (TPSA) is 49.9 Å². The van der Waals surface area contributed by atoms with E-state index in [-0.39, 0.29) is 17.8 Å². The molecule has 4 aromatic carbocycles. The number of carbonyl (C=O) groups is 2. The van der Waals surface area contributed by atoms with Crippen molar-refractivity contribution in [3.63, 3.8) is 0 Å². The fourth-order valence-corrected chi connectivity index (χ4v) is 4.08. The molecule has 0 aliphatic heterocycles. The summed E-state index contributed by atoms with van der Waals surface area (Å²) in [5.74, 6) is -2.12. The molecule has 39 heavy (non-hydrogen) atoms. The number of hydrogen-bond acceptors (Lipinski definition) is 4. The highest BCUT2D eigenvalue weighted by Crippen LogP contribution is 2.28. The number of rotatable bonds is 8. The standard InChI is InChI=1S/C32H28F2N2O3/c1-35(2)28-14-12-23(13-15-28)25-10-11-26(30(34)19-25)21-36(32(38)24-7-5-4-6-8-24)29-18-22(17-27(33)20-29)9-16-31(37)39-3/h4-20H,21H2,1-3H3/b16-9+. The second-order valence-electron chi connectivity index (χ2n) is 9.10. The maximum absolute atomic E-state index is 15.4. The van der Waals surface area contributed by atoms with Gasteiger partial charge in [0.25, 0.3) is 5.91 Å². The van der Waals surface area contributed by atoms with Crippen LogP contribution in [-0.4, -0.2) is 33.1 Å². The van der Waals surface area contributed by atoms with Gasteiger partial charge in [0.15, 0.2) is 0 Å². The molecule has 0 unspecified atom stereocenters. The number of hydrogen-bond donors (Lipinski definition) is 0. The highest BCUT2D eigenvalue weighted by Gasteiger charge is 2.21. The number of anilines is 2. The summed E-state index contributed by atoms with van der Waals surface area (Å²) in [5.41, 5.74) is 3.78. The van der Waals surface area contributed by atoms with Crippen LogP contribution in [0.3, 0.4) is 0 Å². The number of benzene rings is 4. The van der Waals surface area contributed by atoms with Crippen LogP contribution < -0.4 is 9.80 Å². The first-order valence-corrected chi connectivity index (χ1v) is 12.2. The third-order valence-corrected chi connectivity index (χ3v) is 6.19. The molecule has 0 aliphatic rings. The van der Waals surface area contributed by atoms with Gasteiger partial charge in [-0.05, 0) is 71.3 Å². The number of esters is 1. The minimum atomic E-state index is -0.611. The first-order chi connectivity index (χ1) is 18.7. The van der Waals surface area contributed by atoms with Crippen LogP contribution in [0.25, 0.3) is 17.2 Å². The first-order valence-electron chi connectivity index (χ1n) is 12.2. The van der Waals surface area contributed by atoms with E-state index in [2.05, 4.69) is 4.74 Å². The Labute approximate surface area is 226 Å². The summed E-state index contributed by atoms with van der Waals surface area (Å²) in [6, 6.07) is 25.1. The lowest BCUT2D eigenvalue weighted by atomic mass is 10.0. The summed E-state index contributed by atoms with van der Waals surface area (Å²) < 4.78 is 34.6. The molecule has 4 rings (SSSR count). The van der Waals surface area contributed by atoms with E-state index in [0.29, 0.717) is 16.7 Å². The highest BCUT2D eigenvalue weighted by atomic mass is 19.1. The summed E-state index contributed by atoms with van der Waals surface area (Å²) in [6.45, 7) is -0.136. The minimum absolute atomic E-state index is 0.136. The third kappa shape index (κ3) is 6.76. The monoisotopic (exact) mass is 526 g/mol. The Balaban J connectivity index is 1.70. The van der Waals surface area contributed by atoms with E-state index in [0.717, 1.165) is 17.3 Å². The van der Waals surface area contributed by atoms with Crippen LogP contribution in [0.1, 0.15) is 21.5 Å². The average Bonchev–Trinajstić information content (AvgIpc) is 2.95. The van der Waals surface area contributed by atoms with E-state index in [9.17, 15) is 14.0 Å². The van der Waals surface area contributed by atoms with Gasteiger partial charge in [0, 0.05) is 42.7 Å². The first kappa shape index (κ1) is 27.3. The van der Waals surface area contributed by atoms with Crippen LogP contribution in [0.4, 0.5) is 20.2 Å². The molecule has 0 radical (unpaired) electrons. The van der Waals surface area contributed by atoms with E-state index in [1.807, 2.05) is 43.3 Å². The Hall–Kier alpha value is -4.78. The summed E-state index contributed by atoms with van der Waals surface area (Å²) in [5, 5.41) is 0. The molecule has 4 aromatic rings. The van der Waals surface area contributed by atoms with Gasteiger partial charge in [-0.3, -0.25) is 4.79 Å². The van der Waals surface area contributed by atoms with Crippen LogP contribution in [0.5, 0.6) is 0 Å². The van der Waals surface area contributed by atoms with Crippen molar-refractivity contribution in [3.8, 4) is 11.1 Å². The molecule has 1 amide bonds. The number of amides is 1. The second-order valence-corrected chi connectivity index (χ2v) is 9.10. The van der Waals surface area contributed by atoms with Gasteiger partial charge in [-0.1, -0.05) is 42.5 Å². The molecule has 5 nitrogen and oxygen atoms in total. The number of ether oxygens (including phenoxy) is 1. The SMILES string of the molecule is COC(=O)/C=C/c1cc(F)cc(N(Cc2ccc(-c3ccc(N(C)C)cc3)cc2F)C(=O)c2ccccc2)c1. The number of carbonyl (C=O) groups excluding carboxylic acids is 2. The van der Waals surface area contributed by atoms with Gasteiger partial charge in [0.1, 0.15) is 11.6 Å². The Morgan fingerprint density at radius 2 is 1.51 bits per heavy atom. The van der Waals surface area contributed by atoms with Gasteiger partial charge in [0.05, 0.1) is 13.7 Å². The van der Waals surface area contributed by atoms with Gasteiger partial charge in [-0.15, -0.1) is 0 Å². The van der Waals surface area contributed by atoms with Crippen LogP contribution in [0, 0.1) is 11.6 Å². The van der Waals surface area contributed by atoms with Gasteiger partial charge in [-0.25, -0.2) is 13.6 Å². The molecule has 0 saturated carbocycles. The maximum atomic E-state index is 15.4. The molecule has 0 saturated heterocycles. The van der Waals surface area contributed by atoms with Gasteiger partial charge in [0.2, 0.25) is 0 Å². The Bertz CT molecular complexity index is 1500. The van der Waals surface area contributed by atoms with E-state index in [1.54, 1.807) is 48.5 Å². The lowest BCUT2D eigenvalue weighted by molar-refractivity contribution is -0.134. The van der Waals surface area contributed by atoms with Crippen LogP contribution >= 0.6 is 0 Å². The van der Waals surface area contributed by atoms with Crippen molar-refractivity contribution in [2.75, 3.05) is 31.0 Å². The van der Waals surface area contributed by atoms with Crippen molar-refractivity contribution in [3.05, 3.63) is 125 Å². The van der Waals surface area contributed by atoms with Crippen molar-refractivity contribution in [1.29, 1.82) is 0 Å². The van der Waals surface area contributed by atoms with Crippen molar-refractivity contribution >= 4 is 29.3 Å². The molecular weight excluding hydrogens is 498 g/mol. The summed E-state index contributed by atoms with van der Waals surface area (Å²) in [6.07, 6.45) is 2.55. The van der Waals surface area contributed by atoms with E-state index < -0.39 is 23.5 Å². The van der Waals surface area contributed by atoms with E-state index >= 15 is 4.39 Å². The fourth-order valence-electron chi connectivity index (χ4n) is 4.08. The molecule has 198 valence electrons. The molecule has 0 fully saturated rings. The largest absolute Gasteiger partial charge is 0.466 e. The number of methoxy groups -OCH3 is 1. The van der Waals surface area contributed by atoms with Gasteiger partial charge < -0.3 is 14.5 Å². The summed E-state index contributed by atoms with van der Waals surface area (Å²) in [4.78, 5) is 28.4. The number of halogens is 2. The molecule has 0 aromatic heterocycles. The van der Waals surface area contributed by atoms with Crippen LogP contribution in [0.15, 0.2) is 97.1 Å². The zero-order chi connectivity index (χ0) is 27.9. The van der Waals surface area contributed by atoms with Crippen LogP contribution in [-0.2, 0) is 16.1 Å². The Kier molecular flexibility index (Phi) is 8.51. The van der Waals surface area contributed by atoms with Crippen molar-refractivity contribution in [1.82, 2.24) is 0 Å². The van der Waals surface area contributed by atoms with Crippen molar-refractivity contribution < 1.29 is 23.1 Å². The quantitative estimate of drug-likeness (QED) is 0.189. The fraction of sp³-hybridized carbons (Fsp3) is 0.125. The zero-order valence-corrected chi connectivity index (χ0v) is 21.9. The molecule has 0 heterocycles. The van der Waals surface area contributed by atoms with Gasteiger partial charge >= 0.3 is 5.97 Å². The molecule has 0 bridgehead atoms. The molecule has 0 spiro atoms. The second kappa shape index (κ2) is 12.2. The lowest BCUT2D eigenvalue weighted by Gasteiger charge is -2.24. The normalized spacial score (nSPS) is 10.9. The molecule has 0 aliphatic carbocycles. The Morgan fingerprint density at radius 3 is 2.15 bits per heavy atom. The molecule has 0 atom stereocenters. The third-order valence-electron chi connectivity index (χ3n) is 6.19. The summed E-state index contributed by atoms with van der Waals surface area (Å²) >= 11 is 0. The molecule has 0 N–H and O–H groups in total. The van der Waals surface area contributed by atoms with E-state index in [4.69, 9.17) is 0 Å². The molecule has 7 heteroatoms. The van der Waals surface area contributed by atoms with Crippen molar-refractivity contribution in [2.45, 2.75) is 6.54 Å². The smallest absolute Gasteiger partial charge is 0.330 e. The predicted molar refractivity (Wildman–Crippen MR) is 151 cm³/mol. The van der Waals surface area contributed by atoms with E-state index in [1.165, 1.54) is 36.3 Å². The predicted octanol–water partition coefficient (Wildman–Crippen LogP) is 6.73. The zero-order valence-electron chi connectivity index (χ0n) is 21.9. The Morgan fingerprint density at radius 1 is 0.821 bits per heavy atom. The summed E-state index contributed by atoms with van der Waals surface area (Å²) in [7, 11) is 5.13. The average molecular weight is 527 g/mol. The molecular formula is C32H28F2N2O3. The van der Waals surface area contributed by atoms with Gasteiger partial charge in [-0.2, -0.15) is 0 Å². The maximum Gasteiger partial charge on any atom is 0.330 e. The number of nitrogens with zero attached hydrogens (tertiary/aromatic N) is 2. The highest BCUT2D eigenvalue weighted by molar-refractivity contribution is 6.06. The van der Waals surface area contributed by atoms with Crippen molar-refractivity contribution in [2.24, 2.45) is 0 Å².